The van der Waals surface area contributed by atoms with Crippen LogP contribution in [0, 0.1) is 0 Å². The summed E-state index contributed by atoms with van der Waals surface area (Å²) in [6, 6.07) is 3.71. The first kappa shape index (κ1) is 12.1. The fraction of sp³-hybridized carbons (Fsp3) is 0.538. The standard InChI is InChI=1S/C13H16ClNO3/c14-9-2-3-10-13(18-6-1-5-16-10)12(9)11-8-15-4-7-17-11/h2-3,11,15H,1,4-8H2. The highest BCUT2D eigenvalue weighted by Gasteiger charge is 2.26. The summed E-state index contributed by atoms with van der Waals surface area (Å²) in [7, 11) is 0. The maximum atomic E-state index is 6.30. The molecule has 3 rings (SSSR count). The lowest BCUT2D eigenvalue weighted by molar-refractivity contribution is 0.0259. The van der Waals surface area contributed by atoms with Gasteiger partial charge in [0.05, 0.1) is 24.8 Å². The molecule has 1 N–H and O–H groups in total. The molecule has 0 radical (unpaired) electrons. The van der Waals surface area contributed by atoms with Crippen LogP contribution in [0.25, 0.3) is 0 Å². The fourth-order valence-electron chi connectivity index (χ4n) is 2.28. The second kappa shape index (κ2) is 5.34. The molecule has 0 spiro atoms. The third-order valence-electron chi connectivity index (χ3n) is 3.15. The van der Waals surface area contributed by atoms with Crippen LogP contribution in [0.4, 0.5) is 0 Å². The third kappa shape index (κ3) is 2.28. The van der Waals surface area contributed by atoms with Crippen molar-refractivity contribution in [2.24, 2.45) is 0 Å². The zero-order valence-corrected chi connectivity index (χ0v) is 10.8. The van der Waals surface area contributed by atoms with Gasteiger partial charge in [-0.15, -0.1) is 0 Å². The molecule has 5 heteroatoms. The Morgan fingerprint density at radius 3 is 2.89 bits per heavy atom. The highest BCUT2D eigenvalue weighted by molar-refractivity contribution is 6.31. The second-order valence-corrected chi connectivity index (χ2v) is 4.81. The largest absolute Gasteiger partial charge is 0.490 e. The number of morpholine rings is 1. The molecule has 2 aliphatic heterocycles. The molecule has 1 atom stereocenters. The van der Waals surface area contributed by atoms with Crippen molar-refractivity contribution >= 4 is 11.6 Å². The third-order valence-corrected chi connectivity index (χ3v) is 3.48. The Morgan fingerprint density at radius 1 is 1.17 bits per heavy atom. The first-order chi connectivity index (χ1) is 8.86. The molecule has 1 unspecified atom stereocenters. The minimum Gasteiger partial charge on any atom is -0.490 e. The van der Waals surface area contributed by atoms with E-state index in [0.717, 1.165) is 36.6 Å². The van der Waals surface area contributed by atoms with Crippen LogP contribution in [0.1, 0.15) is 18.1 Å². The van der Waals surface area contributed by atoms with Gasteiger partial charge in [0.1, 0.15) is 6.10 Å². The molecule has 1 aromatic carbocycles. The molecule has 1 fully saturated rings. The lowest BCUT2D eigenvalue weighted by atomic mass is 10.1. The van der Waals surface area contributed by atoms with Gasteiger partial charge in [0, 0.05) is 25.1 Å². The number of halogens is 1. The molecule has 4 nitrogen and oxygen atoms in total. The summed E-state index contributed by atoms with van der Waals surface area (Å²) in [6.45, 7) is 3.64. The van der Waals surface area contributed by atoms with Crippen LogP contribution >= 0.6 is 11.6 Å². The van der Waals surface area contributed by atoms with E-state index < -0.39 is 0 Å². The van der Waals surface area contributed by atoms with Crippen molar-refractivity contribution in [2.45, 2.75) is 12.5 Å². The van der Waals surface area contributed by atoms with Gasteiger partial charge in [0.25, 0.3) is 0 Å². The van der Waals surface area contributed by atoms with Crippen molar-refractivity contribution in [1.29, 1.82) is 0 Å². The quantitative estimate of drug-likeness (QED) is 0.848. The summed E-state index contributed by atoms with van der Waals surface area (Å²) < 4.78 is 17.2. The molecule has 0 amide bonds. The van der Waals surface area contributed by atoms with E-state index in [1.165, 1.54) is 0 Å². The second-order valence-electron chi connectivity index (χ2n) is 4.40. The molecule has 0 bridgehead atoms. The van der Waals surface area contributed by atoms with Crippen molar-refractivity contribution in [2.75, 3.05) is 32.9 Å². The Balaban J connectivity index is 2.00. The zero-order valence-electron chi connectivity index (χ0n) is 10.1. The monoisotopic (exact) mass is 269 g/mol. The van der Waals surface area contributed by atoms with Crippen LogP contribution in [0.5, 0.6) is 11.5 Å². The maximum Gasteiger partial charge on any atom is 0.168 e. The van der Waals surface area contributed by atoms with Gasteiger partial charge in [-0.2, -0.15) is 0 Å². The number of fused-ring (bicyclic) bond motifs is 1. The van der Waals surface area contributed by atoms with E-state index in [1.54, 1.807) is 0 Å². The van der Waals surface area contributed by atoms with Crippen molar-refractivity contribution in [1.82, 2.24) is 5.32 Å². The normalized spacial score (nSPS) is 23.5. The molecular formula is C13H16ClNO3. The van der Waals surface area contributed by atoms with Gasteiger partial charge in [-0.05, 0) is 12.1 Å². The van der Waals surface area contributed by atoms with Crippen LogP contribution < -0.4 is 14.8 Å². The van der Waals surface area contributed by atoms with Crippen molar-refractivity contribution in [3.05, 3.63) is 22.7 Å². The highest BCUT2D eigenvalue weighted by Crippen LogP contribution is 2.42. The molecule has 2 aliphatic rings. The molecule has 0 saturated carbocycles. The number of ether oxygens (including phenoxy) is 3. The van der Waals surface area contributed by atoms with Crippen molar-refractivity contribution in [3.8, 4) is 11.5 Å². The van der Waals surface area contributed by atoms with E-state index in [9.17, 15) is 0 Å². The number of rotatable bonds is 1. The maximum absolute atomic E-state index is 6.30. The number of benzene rings is 1. The number of hydrogen-bond donors (Lipinski definition) is 1. The molecular weight excluding hydrogens is 254 g/mol. The summed E-state index contributed by atoms with van der Waals surface area (Å²) in [5, 5.41) is 3.98. The Kier molecular flexibility index (Phi) is 3.59. The van der Waals surface area contributed by atoms with E-state index in [2.05, 4.69) is 5.32 Å². The molecule has 98 valence electrons. The van der Waals surface area contributed by atoms with Gasteiger partial charge in [-0.25, -0.2) is 0 Å². The van der Waals surface area contributed by atoms with Crippen LogP contribution in [0.3, 0.4) is 0 Å². The SMILES string of the molecule is Clc1ccc2c(c1C1CNCCO1)OCCCO2. The predicted molar refractivity (Wildman–Crippen MR) is 68.6 cm³/mol. The van der Waals surface area contributed by atoms with Gasteiger partial charge in [0.15, 0.2) is 11.5 Å². The smallest absolute Gasteiger partial charge is 0.168 e. The minimum absolute atomic E-state index is 0.0668. The molecule has 0 aliphatic carbocycles. The first-order valence-corrected chi connectivity index (χ1v) is 6.64. The van der Waals surface area contributed by atoms with E-state index in [4.69, 9.17) is 25.8 Å². The van der Waals surface area contributed by atoms with Gasteiger partial charge >= 0.3 is 0 Å². The summed E-state index contributed by atoms with van der Waals surface area (Å²) in [6.07, 6.45) is 0.818. The van der Waals surface area contributed by atoms with Crippen LogP contribution in [-0.2, 0) is 4.74 Å². The Hall–Kier alpha value is -0.970. The van der Waals surface area contributed by atoms with Gasteiger partial charge in [-0.1, -0.05) is 11.6 Å². The Morgan fingerprint density at radius 2 is 2.06 bits per heavy atom. The summed E-state index contributed by atoms with van der Waals surface area (Å²) in [5.41, 5.74) is 0.906. The molecule has 2 heterocycles. The van der Waals surface area contributed by atoms with Gasteiger partial charge in [-0.3, -0.25) is 0 Å². The Labute approximate surface area is 111 Å². The highest BCUT2D eigenvalue weighted by atomic mass is 35.5. The van der Waals surface area contributed by atoms with E-state index in [1.807, 2.05) is 12.1 Å². The average Bonchev–Trinajstić information content (AvgIpc) is 2.65. The summed E-state index contributed by atoms with van der Waals surface area (Å²) >= 11 is 6.30. The number of nitrogens with one attached hydrogen (secondary N) is 1. The molecule has 1 aromatic rings. The number of hydrogen-bond acceptors (Lipinski definition) is 4. The fourth-order valence-corrected chi connectivity index (χ4v) is 2.55. The molecule has 18 heavy (non-hydrogen) atoms. The van der Waals surface area contributed by atoms with Crippen molar-refractivity contribution < 1.29 is 14.2 Å². The van der Waals surface area contributed by atoms with Crippen molar-refractivity contribution in [3.63, 3.8) is 0 Å². The summed E-state index contributed by atoms with van der Waals surface area (Å²) in [4.78, 5) is 0. The molecule has 0 aromatic heterocycles. The summed E-state index contributed by atoms with van der Waals surface area (Å²) in [5.74, 6) is 1.51. The predicted octanol–water partition coefficient (Wildman–Crippen LogP) is 2.16. The van der Waals surface area contributed by atoms with Crippen LogP contribution in [-0.4, -0.2) is 32.9 Å². The van der Waals surface area contributed by atoms with Crippen LogP contribution in [0.2, 0.25) is 5.02 Å². The Bertz CT molecular complexity index is 432. The van der Waals surface area contributed by atoms with E-state index in [0.29, 0.717) is 24.8 Å². The first-order valence-electron chi connectivity index (χ1n) is 6.26. The zero-order chi connectivity index (χ0) is 12.4. The van der Waals surface area contributed by atoms with E-state index in [-0.39, 0.29) is 6.10 Å². The lowest BCUT2D eigenvalue weighted by Gasteiger charge is -2.26. The lowest BCUT2D eigenvalue weighted by Crippen LogP contribution is -2.33. The van der Waals surface area contributed by atoms with Gasteiger partial charge in [0.2, 0.25) is 0 Å². The molecule has 1 saturated heterocycles. The van der Waals surface area contributed by atoms with Gasteiger partial charge < -0.3 is 19.5 Å². The van der Waals surface area contributed by atoms with Crippen LogP contribution in [0.15, 0.2) is 12.1 Å². The topological polar surface area (TPSA) is 39.7 Å². The minimum atomic E-state index is -0.0668. The van der Waals surface area contributed by atoms with E-state index >= 15 is 0 Å². The average molecular weight is 270 g/mol.